The third-order valence-electron chi connectivity index (χ3n) is 3.80. The SMILES string of the molecule is Cc1nn(C)c(C)c1NC(=O)[C@@H](C)Sc1nnc(NCc2ccco2)s1. The molecule has 0 unspecified atom stereocenters. The van der Waals surface area contributed by atoms with Crippen molar-refractivity contribution in [3.63, 3.8) is 0 Å². The Labute approximate surface area is 159 Å². The van der Waals surface area contributed by atoms with E-state index >= 15 is 0 Å². The van der Waals surface area contributed by atoms with E-state index in [0.29, 0.717) is 11.7 Å². The number of nitrogens with one attached hydrogen (secondary N) is 2. The molecule has 0 fully saturated rings. The quantitative estimate of drug-likeness (QED) is 0.596. The maximum Gasteiger partial charge on any atom is 0.237 e. The highest BCUT2D eigenvalue weighted by molar-refractivity contribution is 8.02. The maximum absolute atomic E-state index is 12.5. The lowest BCUT2D eigenvalue weighted by atomic mass is 10.3. The second kappa shape index (κ2) is 7.92. The lowest BCUT2D eigenvalue weighted by Gasteiger charge is -2.10. The van der Waals surface area contributed by atoms with Crippen LogP contribution in [-0.2, 0) is 18.4 Å². The number of carbonyl (C=O) groups excluding carboxylic acids is 1. The summed E-state index contributed by atoms with van der Waals surface area (Å²) in [5.74, 6) is 0.735. The number of aromatic nitrogens is 4. The summed E-state index contributed by atoms with van der Waals surface area (Å²) in [5.41, 5.74) is 2.49. The van der Waals surface area contributed by atoms with Crippen molar-refractivity contribution in [3.8, 4) is 0 Å². The van der Waals surface area contributed by atoms with E-state index in [1.165, 1.54) is 23.1 Å². The van der Waals surface area contributed by atoms with E-state index in [1.54, 1.807) is 10.9 Å². The minimum absolute atomic E-state index is 0.0884. The van der Waals surface area contributed by atoms with E-state index in [4.69, 9.17) is 4.42 Å². The molecule has 26 heavy (non-hydrogen) atoms. The monoisotopic (exact) mass is 392 g/mol. The highest BCUT2D eigenvalue weighted by Gasteiger charge is 2.20. The summed E-state index contributed by atoms with van der Waals surface area (Å²) >= 11 is 2.78. The zero-order valence-electron chi connectivity index (χ0n) is 14.9. The molecule has 2 N–H and O–H groups in total. The van der Waals surface area contributed by atoms with Gasteiger partial charge in [0.25, 0.3) is 0 Å². The van der Waals surface area contributed by atoms with Crippen LogP contribution in [0.2, 0.25) is 0 Å². The van der Waals surface area contributed by atoms with Crippen molar-refractivity contribution < 1.29 is 9.21 Å². The number of aryl methyl sites for hydroxylation is 2. The molecule has 10 heteroatoms. The molecule has 0 radical (unpaired) electrons. The molecule has 138 valence electrons. The number of rotatable bonds is 7. The van der Waals surface area contributed by atoms with Gasteiger partial charge in [0, 0.05) is 7.05 Å². The van der Waals surface area contributed by atoms with E-state index in [-0.39, 0.29) is 11.2 Å². The molecule has 3 aromatic rings. The third-order valence-corrected chi connectivity index (χ3v) is 5.87. The van der Waals surface area contributed by atoms with Gasteiger partial charge in [0.1, 0.15) is 5.76 Å². The fourth-order valence-corrected chi connectivity index (χ4v) is 4.18. The summed E-state index contributed by atoms with van der Waals surface area (Å²) in [4.78, 5) is 12.5. The number of amides is 1. The van der Waals surface area contributed by atoms with E-state index in [1.807, 2.05) is 40.0 Å². The largest absolute Gasteiger partial charge is 0.467 e. The minimum Gasteiger partial charge on any atom is -0.467 e. The Morgan fingerprint density at radius 1 is 1.42 bits per heavy atom. The van der Waals surface area contributed by atoms with Crippen LogP contribution >= 0.6 is 23.1 Å². The maximum atomic E-state index is 12.5. The first-order chi connectivity index (χ1) is 12.4. The predicted octanol–water partition coefficient (Wildman–Crippen LogP) is 3.21. The second-order valence-corrected chi connectivity index (χ2v) is 8.29. The topological polar surface area (TPSA) is 97.9 Å². The van der Waals surface area contributed by atoms with Gasteiger partial charge in [-0.25, -0.2) is 0 Å². The van der Waals surface area contributed by atoms with Gasteiger partial charge < -0.3 is 15.1 Å². The first kappa shape index (κ1) is 18.5. The van der Waals surface area contributed by atoms with Gasteiger partial charge in [-0.15, -0.1) is 10.2 Å². The smallest absolute Gasteiger partial charge is 0.237 e. The van der Waals surface area contributed by atoms with Crippen LogP contribution in [0.5, 0.6) is 0 Å². The van der Waals surface area contributed by atoms with Crippen LogP contribution in [0.3, 0.4) is 0 Å². The molecule has 8 nitrogen and oxygen atoms in total. The molecule has 1 amide bonds. The molecule has 3 rings (SSSR count). The van der Waals surface area contributed by atoms with E-state index in [9.17, 15) is 4.79 Å². The highest BCUT2D eigenvalue weighted by Crippen LogP contribution is 2.30. The number of hydrogen-bond donors (Lipinski definition) is 2. The van der Waals surface area contributed by atoms with Crippen LogP contribution < -0.4 is 10.6 Å². The van der Waals surface area contributed by atoms with Gasteiger partial charge in [-0.1, -0.05) is 23.1 Å². The molecule has 3 heterocycles. The number of nitrogens with zero attached hydrogens (tertiary/aromatic N) is 4. The molecule has 0 aliphatic heterocycles. The molecule has 0 saturated heterocycles. The lowest BCUT2D eigenvalue weighted by molar-refractivity contribution is -0.115. The van der Waals surface area contributed by atoms with Crippen molar-refractivity contribution >= 4 is 39.8 Å². The van der Waals surface area contributed by atoms with Crippen LogP contribution in [0.15, 0.2) is 27.2 Å². The molecule has 3 aromatic heterocycles. The van der Waals surface area contributed by atoms with Crippen LogP contribution in [-0.4, -0.2) is 31.1 Å². The van der Waals surface area contributed by atoms with Gasteiger partial charge in [-0.05, 0) is 32.9 Å². The Balaban J connectivity index is 1.55. The standard InChI is InChI=1S/C16H20N6O2S2/c1-9-13(10(2)22(4)21-9)18-14(23)11(3)25-16-20-19-15(26-16)17-8-12-6-5-7-24-12/h5-7,11H,8H2,1-4H3,(H,17,19)(H,18,23)/t11-/m1/s1. The Morgan fingerprint density at radius 3 is 2.88 bits per heavy atom. The van der Waals surface area contributed by atoms with E-state index < -0.39 is 0 Å². The first-order valence-electron chi connectivity index (χ1n) is 8.01. The van der Waals surface area contributed by atoms with Crippen molar-refractivity contribution in [3.05, 3.63) is 35.5 Å². The van der Waals surface area contributed by atoms with Crippen molar-refractivity contribution in [2.75, 3.05) is 10.6 Å². The summed E-state index contributed by atoms with van der Waals surface area (Å²) < 4.78 is 7.75. The zero-order valence-corrected chi connectivity index (χ0v) is 16.6. The van der Waals surface area contributed by atoms with Crippen molar-refractivity contribution in [2.45, 2.75) is 36.9 Å². The molecular formula is C16H20N6O2S2. The molecule has 0 aromatic carbocycles. The molecule has 0 aliphatic rings. The predicted molar refractivity (Wildman–Crippen MR) is 103 cm³/mol. The number of anilines is 2. The van der Waals surface area contributed by atoms with Gasteiger partial charge >= 0.3 is 0 Å². The van der Waals surface area contributed by atoms with E-state index in [0.717, 1.165) is 27.2 Å². The van der Waals surface area contributed by atoms with Gasteiger partial charge in [-0.3, -0.25) is 9.48 Å². The van der Waals surface area contributed by atoms with Gasteiger partial charge in [0.2, 0.25) is 11.0 Å². The van der Waals surface area contributed by atoms with Crippen LogP contribution in [0.25, 0.3) is 0 Å². The molecule has 1 atom stereocenters. The Hall–Kier alpha value is -2.33. The Morgan fingerprint density at radius 2 is 2.23 bits per heavy atom. The average molecular weight is 393 g/mol. The molecule has 0 saturated carbocycles. The molecular weight excluding hydrogens is 372 g/mol. The second-order valence-electron chi connectivity index (χ2n) is 5.72. The average Bonchev–Trinajstić information content (AvgIpc) is 3.32. The summed E-state index contributed by atoms with van der Waals surface area (Å²) in [6.07, 6.45) is 1.63. The molecule has 0 aliphatic carbocycles. The van der Waals surface area contributed by atoms with Gasteiger partial charge in [0.15, 0.2) is 4.34 Å². The van der Waals surface area contributed by atoms with Crippen LogP contribution in [0.1, 0.15) is 24.1 Å². The Bertz CT molecular complexity index is 887. The van der Waals surface area contributed by atoms with Crippen LogP contribution in [0, 0.1) is 13.8 Å². The van der Waals surface area contributed by atoms with Crippen LogP contribution in [0.4, 0.5) is 10.8 Å². The normalized spacial score (nSPS) is 12.2. The van der Waals surface area contributed by atoms with Crippen molar-refractivity contribution in [2.24, 2.45) is 7.05 Å². The highest BCUT2D eigenvalue weighted by atomic mass is 32.2. The Kier molecular flexibility index (Phi) is 5.62. The lowest BCUT2D eigenvalue weighted by Crippen LogP contribution is -2.23. The molecule has 0 spiro atoms. The van der Waals surface area contributed by atoms with Crippen molar-refractivity contribution in [1.29, 1.82) is 0 Å². The number of thioether (sulfide) groups is 1. The summed E-state index contributed by atoms with van der Waals surface area (Å²) in [7, 11) is 1.86. The first-order valence-corrected chi connectivity index (χ1v) is 9.71. The van der Waals surface area contributed by atoms with Gasteiger partial charge in [0.05, 0.1) is 35.1 Å². The number of hydrogen-bond acceptors (Lipinski definition) is 8. The summed E-state index contributed by atoms with van der Waals surface area (Å²) in [5, 5.41) is 19.0. The van der Waals surface area contributed by atoms with Gasteiger partial charge in [-0.2, -0.15) is 5.10 Å². The third kappa shape index (κ3) is 4.25. The molecule has 0 bridgehead atoms. The number of carbonyl (C=O) groups is 1. The fraction of sp³-hybridized carbons (Fsp3) is 0.375. The van der Waals surface area contributed by atoms with E-state index in [2.05, 4.69) is 25.9 Å². The summed E-state index contributed by atoms with van der Waals surface area (Å²) in [6, 6.07) is 3.73. The minimum atomic E-state index is -0.306. The summed E-state index contributed by atoms with van der Waals surface area (Å²) in [6.45, 7) is 6.19. The zero-order chi connectivity index (χ0) is 18.7. The van der Waals surface area contributed by atoms with Crippen molar-refractivity contribution in [1.82, 2.24) is 20.0 Å². The number of furan rings is 1. The fourth-order valence-electron chi connectivity index (χ4n) is 2.29.